The van der Waals surface area contributed by atoms with Crippen molar-refractivity contribution >= 4 is 32.8 Å². The van der Waals surface area contributed by atoms with Crippen molar-refractivity contribution in [2.75, 3.05) is 11.4 Å². The fourth-order valence-corrected chi connectivity index (χ4v) is 3.26. The summed E-state index contributed by atoms with van der Waals surface area (Å²) < 4.78 is 1.34. The molecule has 3 heteroatoms. The lowest BCUT2D eigenvalue weighted by Crippen LogP contribution is -2.17. The molecule has 0 aliphatic heterocycles. The van der Waals surface area contributed by atoms with Crippen molar-refractivity contribution in [3.8, 4) is 0 Å². The number of pyridine rings is 1. The van der Waals surface area contributed by atoms with Gasteiger partial charge in [0, 0.05) is 40.1 Å². The maximum atomic E-state index is 4.11. The van der Waals surface area contributed by atoms with E-state index in [9.17, 15) is 0 Å². The molecular formula is C16H16N2S. The second-order valence-corrected chi connectivity index (χ2v) is 5.39. The Bertz CT molecular complexity index is 661. The zero-order chi connectivity index (χ0) is 13.1. The SMILES string of the molecule is CCCN(c1ccncc1)c1csc2ccccc12. The molecule has 0 amide bonds. The third-order valence-electron chi connectivity index (χ3n) is 3.17. The Morgan fingerprint density at radius 1 is 1.11 bits per heavy atom. The van der Waals surface area contributed by atoms with Crippen LogP contribution in [0.15, 0.2) is 54.2 Å². The fraction of sp³-hybridized carbons (Fsp3) is 0.188. The van der Waals surface area contributed by atoms with Crippen LogP contribution in [0.4, 0.5) is 11.4 Å². The van der Waals surface area contributed by atoms with E-state index in [4.69, 9.17) is 0 Å². The molecule has 1 aromatic carbocycles. The largest absolute Gasteiger partial charge is 0.340 e. The first kappa shape index (κ1) is 12.2. The van der Waals surface area contributed by atoms with Crippen LogP contribution in [0, 0.1) is 0 Å². The predicted octanol–water partition coefficient (Wildman–Crippen LogP) is 4.84. The Labute approximate surface area is 117 Å². The number of hydrogen-bond donors (Lipinski definition) is 0. The van der Waals surface area contributed by atoms with Crippen LogP contribution in [0.25, 0.3) is 10.1 Å². The number of fused-ring (bicyclic) bond motifs is 1. The van der Waals surface area contributed by atoms with Gasteiger partial charge in [-0.3, -0.25) is 4.98 Å². The average Bonchev–Trinajstić information content (AvgIpc) is 2.89. The zero-order valence-electron chi connectivity index (χ0n) is 10.9. The lowest BCUT2D eigenvalue weighted by Gasteiger charge is -2.23. The molecule has 0 saturated heterocycles. The highest BCUT2D eigenvalue weighted by molar-refractivity contribution is 7.17. The molecule has 0 spiro atoms. The van der Waals surface area contributed by atoms with Crippen molar-refractivity contribution in [1.29, 1.82) is 0 Å². The first-order valence-corrected chi connectivity index (χ1v) is 7.42. The second kappa shape index (κ2) is 5.41. The van der Waals surface area contributed by atoms with Crippen molar-refractivity contribution in [3.63, 3.8) is 0 Å². The summed E-state index contributed by atoms with van der Waals surface area (Å²) in [6.07, 6.45) is 4.83. The summed E-state index contributed by atoms with van der Waals surface area (Å²) in [4.78, 5) is 6.48. The topological polar surface area (TPSA) is 16.1 Å². The van der Waals surface area contributed by atoms with Gasteiger partial charge in [-0.25, -0.2) is 0 Å². The highest BCUT2D eigenvalue weighted by Gasteiger charge is 2.12. The zero-order valence-corrected chi connectivity index (χ0v) is 11.7. The van der Waals surface area contributed by atoms with E-state index < -0.39 is 0 Å². The smallest absolute Gasteiger partial charge is 0.0599 e. The molecule has 3 rings (SSSR count). The Morgan fingerprint density at radius 3 is 2.68 bits per heavy atom. The number of anilines is 2. The summed E-state index contributed by atoms with van der Waals surface area (Å²) >= 11 is 1.81. The minimum atomic E-state index is 1.02. The van der Waals surface area contributed by atoms with Gasteiger partial charge >= 0.3 is 0 Å². The summed E-state index contributed by atoms with van der Waals surface area (Å²) in [7, 11) is 0. The van der Waals surface area contributed by atoms with Crippen LogP contribution in [-0.4, -0.2) is 11.5 Å². The number of thiophene rings is 1. The number of nitrogens with zero attached hydrogens (tertiary/aromatic N) is 2. The Hall–Kier alpha value is -1.87. The van der Waals surface area contributed by atoms with Gasteiger partial charge < -0.3 is 4.90 Å². The van der Waals surface area contributed by atoms with Crippen molar-refractivity contribution < 1.29 is 0 Å². The van der Waals surface area contributed by atoms with Crippen molar-refractivity contribution in [2.45, 2.75) is 13.3 Å². The molecule has 19 heavy (non-hydrogen) atoms. The molecule has 2 aromatic heterocycles. The molecule has 0 atom stereocenters. The van der Waals surface area contributed by atoms with Gasteiger partial charge in [-0.1, -0.05) is 25.1 Å². The van der Waals surface area contributed by atoms with Gasteiger partial charge in [0.15, 0.2) is 0 Å². The van der Waals surface area contributed by atoms with E-state index in [1.54, 1.807) is 11.3 Å². The lowest BCUT2D eigenvalue weighted by molar-refractivity contribution is 0.888. The van der Waals surface area contributed by atoms with Crippen LogP contribution in [0.5, 0.6) is 0 Å². The van der Waals surface area contributed by atoms with Crippen LogP contribution in [0.2, 0.25) is 0 Å². The molecule has 0 aliphatic carbocycles. The maximum Gasteiger partial charge on any atom is 0.0599 e. The highest BCUT2D eigenvalue weighted by Crippen LogP contribution is 2.36. The summed E-state index contributed by atoms with van der Waals surface area (Å²) in [5.41, 5.74) is 2.51. The van der Waals surface area contributed by atoms with Gasteiger partial charge in [0.05, 0.1) is 5.69 Å². The Kier molecular flexibility index (Phi) is 3.47. The molecule has 0 N–H and O–H groups in total. The monoisotopic (exact) mass is 268 g/mol. The van der Waals surface area contributed by atoms with E-state index >= 15 is 0 Å². The molecule has 0 unspecified atom stereocenters. The van der Waals surface area contributed by atoms with Crippen LogP contribution >= 0.6 is 11.3 Å². The molecule has 0 fully saturated rings. The van der Waals surface area contributed by atoms with Crippen molar-refractivity contribution in [3.05, 3.63) is 54.2 Å². The number of hydrogen-bond acceptors (Lipinski definition) is 3. The van der Waals surface area contributed by atoms with E-state index in [1.807, 2.05) is 12.4 Å². The van der Waals surface area contributed by atoms with Gasteiger partial charge in [0.1, 0.15) is 0 Å². The summed E-state index contributed by atoms with van der Waals surface area (Å²) in [5, 5.41) is 3.58. The van der Waals surface area contributed by atoms with Gasteiger partial charge in [0.2, 0.25) is 0 Å². The van der Waals surface area contributed by atoms with Crippen LogP contribution < -0.4 is 4.90 Å². The molecule has 0 aliphatic rings. The minimum absolute atomic E-state index is 1.02. The molecule has 2 heterocycles. The summed E-state index contributed by atoms with van der Waals surface area (Å²) in [5.74, 6) is 0. The number of aromatic nitrogens is 1. The molecule has 96 valence electrons. The third-order valence-corrected chi connectivity index (χ3v) is 4.12. The molecule has 0 bridgehead atoms. The predicted molar refractivity (Wildman–Crippen MR) is 83.4 cm³/mol. The van der Waals surface area contributed by atoms with E-state index in [0.29, 0.717) is 0 Å². The quantitative estimate of drug-likeness (QED) is 0.672. The molecule has 0 saturated carbocycles. The van der Waals surface area contributed by atoms with Gasteiger partial charge in [-0.05, 0) is 24.6 Å². The first-order chi connectivity index (χ1) is 9.40. The first-order valence-electron chi connectivity index (χ1n) is 6.54. The third kappa shape index (κ3) is 2.34. The Morgan fingerprint density at radius 2 is 1.89 bits per heavy atom. The highest BCUT2D eigenvalue weighted by atomic mass is 32.1. The van der Waals surface area contributed by atoms with Crippen LogP contribution in [0.1, 0.15) is 13.3 Å². The molecule has 2 nitrogen and oxygen atoms in total. The van der Waals surface area contributed by atoms with E-state index in [-0.39, 0.29) is 0 Å². The lowest BCUT2D eigenvalue weighted by atomic mass is 10.2. The van der Waals surface area contributed by atoms with Crippen molar-refractivity contribution in [1.82, 2.24) is 4.98 Å². The standard InChI is InChI=1S/C16H16N2S/c1-2-11-18(13-7-9-17-10-8-13)15-12-19-16-6-4-3-5-14(15)16/h3-10,12H,2,11H2,1H3. The number of rotatable bonds is 4. The minimum Gasteiger partial charge on any atom is -0.340 e. The van der Waals surface area contributed by atoms with Crippen LogP contribution in [-0.2, 0) is 0 Å². The Balaban J connectivity index is 2.10. The van der Waals surface area contributed by atoms with Crippen molar-refractivity contribution in [2.24, 2.45) is 0 Å². The molecule has 3 aromatic rings. The summed E-state index contributed by atoms with van der Waals surface area (Å²) in [6.45, 7) is 3.23. The van der Waals surface area contributed by atoms with Gasteiger partial charge in [-0.15, -0.1) is 11.3 Å². The van der Waals surface area contributed by atoms with E-state index in [1.165, 1.54) is 21.5 Å². The average molecular weight is 268 g/mol. The fourth-order valence-electron chi connectivity index (χ4n) is 2.31. The van der Waals surface area contributed by atoms with E-state index in [2.05, 4.69) is 58.6 Å². The van der Waals surface area contributed by atoms with Gasteiger partial charge in [-0.2, -0.15) is 0 Å². The second-order valence-electron chi connectivity index (χ2n) is 4.47. The summed E-state index contributed by atoms with van der Waals surface area (Å²) in [6, 6.07) is 12.7. The van der Waals surface area contributed by atoms with Gasteiger partial charge in [0.25, 0.3) is 0 Å². The number of benzene rings is 1. The van der Waals surface area contributed by atoms with E-state index in [0.717, 1.165) is 13.0 Å². The van der Waals surface area contributed by atoms with Crippen LogP contribution in [0.3, 0.4) is 0 Å². The molecular weight excluding hydrogens is 252 g/mol. The molecule has 0 radical (unpaired) electrons. The normalized spacial score (nSPS) is 10.8. The maximum absolute atomic E-state index is 4.11.